The van der Waals surface area contributed by atoms with Gasteiger partial charge in [-0.2, -0.15) is 5.10 Å². The molecule has 0 aromatic carbocycles. The molecule has 0 radical (unpaired) electrons. The number of methoxy groups -OCH3 is 1. The summed E-state index contributed by atoms with van der Waals surface area (Å²) in [7, 11) is 1.35. The zero-order valence-electron chi connectivity index (χ0n) is 9.51. The van der Waals surface area contributed by atoms with Gasteiger partial charge in [-0.25, -0.2) is 9.67 Å². The fourth-order valence-corrected chi connectivity index (χ4v) is 2.04. The van der Waals surface area contributed by atoms with Gasteiger partial charge in [0.2, 0.25) is 0 Å². The van der Waals surface area contributed by atoms with Crippen molar-refractivity contribution < 1.29 is 9.53 Å². The van der Waals surface area contributed by atoms with E-state index in [1.165, 1.54) is 13.4 Å². The number of ether oxygens (including phenoxy) is 1. The second-order valence-corrected chi connectivity index (χ2v) is 4.06. The first-order valence-corrected chi connectivity index (χ1v) is 5.37. The first kappa shape index (κ1) is 11.1. The minimum Gasteiger partial charge on any atom is -0.468 e. The molecule has 1 saturated carbocycles. The van der Waals surface area contributed by atoms with Crippen LogP contribution in [-0.4, -0.2) is 33.9 Å². The summed E-state index contributed by atoms with van der Waals surface area (Å²) in [6.45, 7) is 2.71. The number of carbonyl (C=O) groups excluding carboxylic acids is 1. The predicted octanol–water partition coefficient (Wildman–Crippen LogP) is -0.170. The second-order valence-electron chi connectivity index (χ2n) is 4.06. The molecule has 6 nitrogen and oxygen atoms in total. The van der Waals surface area contributed by atoms with Crippen LogP contribution in [0.3, 0.4) is 0 Å². The Bertz CT molecular complexity index is 397. The van der Waals surface area contributed by atoms with E-state index in [9.17, 15) is 4.79 Å². The van der Waals surface area contributed by atoms with Crippen molar-refractivity contribution in [1.82, 2.24) is 14.8 Å². The van der Waals surface area contributed by atoms with Crippen molar-refractivity contribution in [1.29, 1.82) is 0 Å². The maximum absolute atomic E-state index is 11.5. The van der Waals surface area contributed by atoms with Crippen LogP contribution in [0.25, 0.3) is 0 Å². The van der Waals surface area contributed by atoms with Gasteiger partial charge in [-0.3, -0.25) is 4.79 Å². The van der Waals surface area contributed by atoms with Gasteiger partial charge in [-0.1, -0.05) is 0 Å². The van der Waals surface area contributed by atoms with E-state index >= 15 is 0 Å². The van der Waals surface area contributed by atoms with Crippen molar-refractivity contribution in [3.63, 3.8) is 0 Å². The lowest BCUT2D eigenvalue weighted by molar-refractivity contribution is -0.143. The third-order valence-corrected chi connectivity index (χ3v) is 3.20. The Balaban J connectivity index is 2.29. The molecule has 1 aromatic heterocycles. The smallest absolute Gasteiger partial charge is 0.323 e. The number of hydrogen-bond acceptors (Lipinski definition) is 5. The molecule has 1 unspecified atom stereocenters. The van der Waals surface area contributed by atoms with Gasteiger partial charge >= 0.3 is 5.97 Å². The quantitative estimate of drug-likeness (QED) is 0.718. The average Bonchev–Trinajstić information content (AvgIpc) is 2.98. The highest BCUT2D eigenvalue weighted by molar-refractivity contribution is 5.78. The molecule has 1 atom stereocenters. The van der Waals surface area contributed by atoms with Gasteiger partial charge in [0.25, 0.3) is 0 Å². The number of carbonyl (C=O) groups is 1. The van der Waals surface area contributed by atoms with Gasteiger partial charge in [0.05, 0.1) is 12.5 Å². The molecule has 1 aliphatic rings. The standard InChI is InChI=1S/C10H16N4O2/c1-3-14-9(12-6-13-14)10(4-5-10)7(11)8(15)16-2/h6-7H,3-5,11H2,1-2H3. The number of aromatic nitrogens is 3. The van der Waals surface area contributed by atoms with E-state index in [2.05, 4.69) is 14.8 Å². The lowest BCUT2D eigenvalue weighted by Gasteiger charge is -2.20. The first-order valence-electron chi connectivity index (χ1n) is 5.37. The summed E-state index contributed by atoms with van der Waals surface area (Å²) in [5, 5.41) is 4.11. The Morgan fingerprint density at radius 3 is 2.94 bits per heavy atom. The summed E-state index contributed by atoms with van der Waals surface area (Å²) in [5.74, 6) is 0.413. The van der Waals surface area contributed by atoms with E-state index in [0.29, 0.717) is 0 Å². The average molecular weight is 224 g/mol. The van der Waals surface area contributed by atoms with Crippen LogP contribution in [0, 0.1) is 0 Å². The van der Waals surface area contributed by atoms with Crippen LogP contribution in [0.1, 0.15) is 25.6 Å². The molecule has 1 aliphatic carbocycles. The van der Waals surface area contributed by atoms with Gasteiger partial charge in [0, 0.05) is 6.54 Å². The lowest BCUT2D eigenvalue weighted by atomic mass is 9.96. The summed E-state index contributed by atoms with van der Waals surface area (Å²) in [4.78, 5) is 15.7. The molecule has 0 bridgehead atoms. The van der Waals surface area contributed by atoms with E-state index < -0.39 is 6.04 Å². The maximum Gasteiger partial charge on any atom is 0.323 e. The first-order chi connectivity index (χ1) is 7.65. The maximum atomic E-state index is 11.5. The van der Waals surface area contributed by atoms with Crippen LogP contribution in [0.4, 0.5) is 0 Å². The van der Waals surface area contributed by atoms with Gasteiger partial charge in [-0.15, -0.1) is 0 Å². The van der Waals surface area contributed by atoms with Crippen LogP contribution in [0.2, 0.25) is 0 Å². The Morgan fingerprint density at radius 2 is 2.44 bits per heavy atom. The van der Waals surface area contributed by atoms with E-state index in [0.717, 1.165) is 25.2 Å². The topological polar surface area (TPSA) is 83.0 Å². The van der Waals surface area contributed by atoms with E-state index in [4.69, 9.17) is 5.73 Å². The van der Waals surface area contributed by atoms with Crippen LogP contribution in [0.15, 0.2) is 6.33 Å². The number of esters is 1. The minimum atomic E-state index is -0.646. The van der Waals surface area contributed by atoms with Gasteiger partial charge in [0.1, 0.15) is 18.2 Å². The van der Waals surface area contributed by atoms with Gasteiger partial charge in [0.15, 0.2) is 0 Å². The van der Waals surface area contributed by atoms with E-state index in [-0.39, 0.29) is 11.4 Å². The monoisotopic (exact) mass is 224 g/mol. The van der Waals surface area contributed by atoms with Gasteiger partial charge in [-0.05, 0) is 19.8 Å². The number of rotatable bonds is 4. The largest absolute Gasteiger partial charge is 0.468 e. The zero-order valence-corrected chi connectivity index (χ0v) is 9.51. The summed E-state index contributed by atoms with van der Waals surface area (Å²) in [5.41, 5.74) is 5.57. The molecule has 0 amide bonds. The number of nitrogens with two attached hydrogens (primary N) is 1. The SMILES string of the molecule is CCn1ncnc1C1(C(N)C(=O)OC)CC1. The second kappa shape index (κ2) is 3.86. The summed E-state index contributed by atoms with van der Waals surface area (Å²) in [6.07, 6.45) is 3.23. The zero-order chi connectivity index (χ0) is 11.8. The fraction of sp³-hybridized carbons (Fsp3) is 0.700. The van der Waals surface area contributed by atoms with Crippen LogP contribution in [-0.2, 0) is 21.5 Å². The normalized spacial score (nSPS) is 19.2. The lowest BCUT2D eigenvalue weighted by Crippen LogP contribution is -2.44. The van der Waals surface area contributed by atoms with Crippen molar-refractivity contribution in [2.75, 3.05) is 7.11 Å². The highest BCUT2D eigenvalue weighted by atomic mass is 16.5. The Morgan fingerprint density at radius 1 is 1.75 bits per heavy atom. The van der Waals surface area contributed by atoms with E-state index in [1.807, 2.05) is 6.92 Å². The minimum absolute atomic E-state index is 0.362. The molecular formula is C10H16N4O2. The summed E-state index contributed by atoms with van der Waals surface area (Å²) < 4.78 is 6.48. The van der Waals surface area contributed by atoms with Crippen molar-refractivity contribution in [2.24, 2.45) is 5.73 Å². The molecule has 6 heteroatoms. The Labute approximate surface area is 93.8 Å². The Kier molecular flexibility index (Phi) is 2.67. The molecule has 16 heavy (non-hydrogen) atoms. The van der Waals surface area contributed by atoms with Crippen LogP contribution < -0.4 is 5.73 Å². The van der Waals surface area contributed by atoms with Crippen LogP contribution >= 0.6 is 0 Å². The predicted molar refractivity (Wildman–Crippen MR) is 56.6 cm³/mol. The highest BCUT2D eigenvalue weighted by Gasteiger charge is 2.55. The Hall–Kier alpha value is -1.43. The number of aryl methyl sites for hydroxylation is 1. The summed E-state index contributed by atoms with van der Waals surface area (Å²) >= 11 is 0. The molecule has 2 N–H and O–H groups in total. The molecule has 0 saturated heterocycles. The van der Waals surface area contributed by atoms with Crippen molar-refractivity contribution in [3.05, 3.63) is 12.2 Å². The summed E-state index contributed by atoms with van der Waals surface area (Å²) in [6, 6.07) is -0.646. The molecule has 0 aliphatic heterocycles. The number of nitrogens with zero attached hydrogens (tertiary/aromatic N) is 3. The molecular weight excluding hydrogens is 208 g/mol. The third-order valence-electron chi connectivity index (χ3n) is 3.20. The molecule has 1 aromatic rings. The fourth-order valence-electron chi connectivity index (χ4n) is 2.04. The van der Waals surface area contributed by atoms with E-state index in [1.54, 1.807) is 4.68 Å². The molecule has 2 rings (SSSR count). The molecule has 1 heterocycles. The van der Waals surface area contributed by atoms with Crippen molar-refractivity contribution in [3.8, 4) is 0 Å². The third kappa shape index (κ3) is 1.49. The highest BCUT2D eigenvalue weighted by Crippen LogP contribution is 2.49. The van der Waals surface area contributed by atoms with Gasteiger partial charge < -0.3 is 10.5 Å². The van der Waals surface area contributed by atoms with Crippen LogP contribution in [0.5, 0.6) is 0 Å². The van der Waals surface area contributed by atoms with Crippen molar-refractivity contribution >= 4 is 5.97 Å². The molecule has 0 spiro atoms. The molecule has 1 fully saturated rings. The molecule has 88 valence electrons. The number of hydrogen-bond donors (Lipinski definition) is 1. The van der Waals surface area contributed by atoms with Crippen molar-refractivity contribution in [2.45, 2.75) is 37.8 Å².